The number of nitrogens with zero attached hydrogens (tertiary/aromatic N) is 3. The number of aromatic nitrogens is 3. The number of imidazole rings is 1. The monoisotopic (exact) mass is 351 g/mol. The summed E-state index contributed by atoms with van der Waals surface area (Å²) >= 11 is 12.1. The molecule has 2 heterocycles. The summed E-state index contributed by atoms with van der Waals surface area (Å²) in [7, 11) is 0. The summed E-state index contributed by atoms with van der Waals surface area (Å²) in [5.41, 5.74) is 1.51. The fourth-order valence-corrected chi connectivity index (χ4v) is 2.60. The molecular formula is C16H15Cl2N3O2. The highest BCUT2D eigenvalue weighted by Crippen LogP contribution is 2.31. The number of aryl methyl sites for hydroxylation is 2. The van der Waals surface area contributed by atoms with Crippen molar-refractivity contribution in [2.24, 2.45) is 0 Å². The Morgan fingerprint density at radius 3 is 2.74 bits per heavy atom. The van der Waals surface area contributed by atoms with E-state index >= 15 is 0 Å². The number of rotatable bonds is 5. The molecule has 3 rings (SSSR count). The van der Waals surface area contributed by atoms with Gasteiger partial charge >= 0.3 is 6.01 Å². The molecule has 0 aliphatic heterocycles. The van der Waals surface area contributed by atoms with Crippen molar-refractivity contribution >= 4 is 23.2 Å². The predicted octanol–water partition coefficient (Wildman–Crippen LogP) is 4.07. The quantitative estimate of drug-likeness (QED) is 0.752. The minimum absolute atomic E-state index is 0.0843. The Morgan fingerprint density at radius 2 is 2.09 bits per heavy atom. The molecular weight excluding hydrogens is 337 g/mol. The molecule has 0 saturated carbocycles. The first-order chi connectivity index (χ1) is 11.1. The lowest BCUT2D eigenvalue weighted by Gasteiger charge is -2.02. The zero-order chi connectivity index (χ0) is 16.4. The zero-order valence-corrected chi connectivity index (χ0v) is 14.0. The molecule has 7 heteroatoms. The van der Waals surface area contributed by atoms with E-state index in [1.165, 1.54) is 0 Å². The second kappa shape index (κ2) is 6.74. The lowest BCUT2D eigenvalue weighted by molar-refractivity contribution is 0.284. The maximum atomic E-state index is 9.09. The molecule has 1 N–H and O–H groups in total. The average Bonchev–Trinajstić information content (AvgIpc) is 3.14. The highest BCUT2D eigenvalue weighted by molar-refractivity contribution is 6.42. The molecule has 120 valence electrons. The van der Waals surface area contributed by atoms with Gasteiger partial charge in [-0.25, -0.2) is 4.98 Å². The number of hydrogen-bond acceptors (Lipinski definition) is 4. The van der Waals surface area contributed by atoms with Crippen LogP contribution >= 0.6 is 23.2 Å². The molecule has 0 amide bonds. The Kier molecular flexibility index (Phi) is 4.71. The van der Waals surface area contributed by atoms with Crippen molar-refractivity contribution in [2.45, 2.75) is 19.8 Å². The lowest BCUT2D eigenvalue weighted by Crippen LogP contribution is -1.95. The molecule has 3 aromatic rings. The SMILES string of the molecule is Cc1nccn1-c1nc(-c2ccc(Cl)c(Cl)c2)c(CCCO)o1. The zero-order valence-electron chi connectivity index (χ0n) is 12.5. The van der Waals surface area contributed by atoms with Gasteiger partial charge in [0.05, 0.1) is 10.0 Å². The number of hydrogen-bond donors (Lipinski definition) is 1. The van der Waals surface area contributed by atoms with Gasteiger partial charge in [0.25, 0.3) is 0 Å². The molecule has 1 aromatic carbocycles. The van der Waals surface area contributed by atoms with E-state index < -0.39 is 0 Å². The van der Waals surface area contributed by atoms with Crippen LogP contribution in [0.15, 0.2) is 35.0 Å². The van der Waals surface area contributed by atoms with Gasteiger partial charge in [0.1, 0.15) is 17.3 Å². The summed E-state index contributed by atoms with van der Waals surface area (Å²) in [5, 5.41) is 10.0. The molecule has 0 saturated heterocycles. The summed E-state index contributed by atoms with van der Waals surface area (Å²) in [4.78, 5) is 8.76. The third kappa shape index (κ3) is 3.27. The maximum Gasteiger partial charge on any atom is 0.307 e. The van der Waals surface area contributed by atoms with Crippen molar-refractivity contribution in [1.82, 2.24) is 14.5 Å². The van der Waals surface area contributed by atoms with E-state index in [9.17, 15) is 0 Å². The van der Waals surface area contributed by atoms with Gasteiger partial charge in [-0.1, -0.05) is 29.3 Å². The van der Waals surface area contributed by atoms with E-state index in [4.69, 9.17) is 32.7 Å². The Labute approximate surface area is 143 Å². The van der Waals surface area contributed by atoms with E-state index in [0.29, 0.717) is 40.4 Å². The molecule has 5 nitrogen and oxygen atoms in total. The number of halogens is 2. The summed E-state index contributed by atoms with van der Waals surface area (Å²) in [6.07, 6.45) is 4.64. The first kappa shape index (κ1) is 16.1. The molecule has 0 atom stereocenters. The lowest BCUT2D eigenvalue weighted by atomic mass is 10.1. The molecule has 0 spiro atoms. The van der Waals surface area contributed by atoms with Crippen LogP contribution in [0.3, 0.4) is 0 Å². The minimum atomic E-state index is 0.0843. The van der Waals surface area contributed by atoms with Crippen LogP contribution in [0.5, 0.6) is 0 Å². The smallest absolute Gasteiger partial charge is 0.307 e. The largest absolute Gasteiger partial charge is 0.427 e. The Hall–Kier alpha value is -1.82. The number of aliphatic hydroxyl groups excluding tert-OH is 1. The van der Waals surface area contributed by atoms with Crippen LogP contribution in [0.2, 0.25) is 10.0 Å². The van der Waals surface area contributed by atoms with Crippen molar-refractivity contribution in [3.63, 3.8) is 0 Å². The summed E-state index contributed by atoms with van der Waals surface area (Å²) in [5.74, 6) is 1.47. The van der Waals surface area contributed by atoms with Crippen LogP contribution in [-0.4, -0.2) is 26.2 Å². The summed E-state index contributed by atoms with van der Waals surface area (Å²) in [6, 6.07) is 5.77. The van der Waals surface area contributed by atoms with Crippen molar-refractivity contribution in [3.8, 4) is 17.3 Å². The molecule has 23 heavy (non-hydrogen) atoms. The molecule has 0 fully saturated rings. The van der Waals surface area contributed by atoms with Gasteiger partial charge in [0, 0.05) is 31.0 Å². The number of aliphatic hydroxyl groups is 1. The van der Waals surface area contributed by atoms with E-state index in [2.05, 4.69) is 9.97 Å². The Morgan fingerprint density at radius 1 is 1.26 bits per heavy atom. The van der Waals surface area contributed by atoms with Gasteiger partial charge in [0.2, 0.25) is 0 Å². The number of oxazole rings is 1. The first-order valence-corrected chi connectivity index (χ1v) is 7.92. The second-order valence-electron chi connectivity index (χ2n) is 5.07. The van der Waals surface area contributed by atoms with Gasteiger partial charge in [-0.05, 0) is 25.5 Å². The van der Waals surface area contributed by atoms with Crippen molar-refractivity contribution in [1.29, 1.82) is 0 Å². The van der Waals surface area contributed by atoms with Crippen molar-refractivity contribution < 1.29 is 9.52 Å². The van der Waals surface area contributed by atoms with Gasteiger partial charge in [-0.3, -0.25) is 4.57 Å². The van der Waals surface area contributed by atoms with Crippen LogP contribution < -0.4 is 0 Å². The van der Waals surface area contributed by atoms with E-state index in [1.807, 2.05) is 13.0 Å². The van der Waals surface area contributed by atoms with Crippen LogP contribution in [0.25, 0.3) is 17.3 Å². The van der Waals surface area contributed by atoms with E-state index in [0.717, 1.165) is 11.4 Å². The molecule has 0 aliphatic rings. The van der Waals surface area contributed by atoms with Gasteiger partial charge in [-0.2, -0.15) is 4.98 Å². The van der Waals surface area contributed by atoms with Crippen LogP contribution in [0, 0.1) is 6.92 Å². The standard InChI is InChI=1S/C16H15Cl2N3O2/c1-10-19-6-7-21(10)16-20-15(14(23-16)3-2-8-22)11-4-5-12(17)13(18)9-11/h4-7,9,22H,2-3,8H2,1H3. The Balaban J connectivity index is 2.08. The molecule has 0 unspecified atom stereocenters. The third-order valence-electron chi connectivity index (χ3n) is 3.47. The second-order valence-corrected chi connectivity index (χ2v) is 5.88. The van der Waals surface area contributed by atoms with Crippen LogP contribution in [0.4, 0.5) is 0 Å². The first-order valence-electron chi connectivity index (χ1n) is 7.16. The maximum absolute atomic E-state index is 9.09. The van der Waals surface area contributed by atoms with Gasteiger partial charge < -0.3 is 9.52 Å². The van der Waals surface area contributed by atoms with E-state index in [-0.39, 0.29) is 6.61 Å². The van der Waals surface area contributed by atoms with Crippen molar-refractivity contribution in [3.05, 3.63) is 52.2 Å². The molecule has 0 aliphatic carbocycles. The number of benzene rings is 1. The molecule has 0 bridgehead atoms. The van der Waals surface area contributed by atoms with E-state index in [1.54, 1.807) is 29.1 Å². The van der Waals surface area contributed by atoms with Crippen molar-refractivity contribution in [2.75, 3.05) is 6.61 Å². The van der Waals surface area contributed by atoms with Crippen LogP contribution in [0.1, 0.15) is 18.0 Å². The Bertz CT molecular complexity index is 827. The normalized spacial score (nSPS) is 11.1. The third-order valence-corrected chi connectivity index (χ3v) is 4.21. The topological polar surface area (TPSA) is 64.1 Å². The fraction of sp³-hybridized carbons (Fsp3) is 0.250. The minimum Gasteiger partial charge on any atom is -0.427 e. The summed E-state index contributed by atoms with van der Waals surface area (Å²) < 4.78 is 7.66. The van der Waals surface area contributed by atoms with Gasteiger partial charge in [-0.15, -0.1) is 0 Å². The molecule has 2 aromatic heterocycles. The molecule has 0 radical (unpaired) electrons. The van der Waals surface area contributed by atoms with Crippen LogP contribution in [-0.2, 0) is 6.42 Å². The highest BCUT2D eigenvalue weighted by atomic mass is 35.5. The fourth-order valence-electron chi connectivity index (χ4n) is 2.30. The summed E-state index contributed by atoms with van der Waals surface area (Å²) in [6.45, 7) is 1.96. The predicted molar refractivity (Wildman–Crippen MR) is 89.2 cm³/mol. The highest BCUT2D eigenvalue weighted by Gasteiger charge is 2.17. The average molecular weight is 352 g/mol. The van der Waals surface area contributed by atoms with Gasteiger partial charge in [0.15, 0.2) is 0 Å².